The number of aliphatic hydroxyl groups excluding tert-OH is 1. The van der Waals surface area contributed by atoms with E-state index in [0.717, 1.165) is 31.4 Å². The third-order valence-electron chi connectivity index (χ3n) is 4.99. The first kappa shape index (κ1) is 16.4. The van der Waals surface area contributed by atoms with Crippen molar-refractivity contribution in [1.29, 1.82) is 0 Å². The highest BCUT2D eigenvalue weighted by Crippen LogP contribution is 2.32. The molecule has 3 rings (SSSR count). The molecule has 23 heavy (non-hydrogen) atoms. The fraction of sp³-hybridized carbons (Fsp3) is 0.611. The number of hydrogen-bond donors (Lipinski definition) is 2. The Balaban J connectivity index is 1.53. The van der Waals surface area contributed by atoms with Crippen LogP contribution >= 0.6 is 0 Å². The third kappa shape index (κ3) is 4.31. The molecule has 1 aromatic rings. The summed E-state index contributed by atoms with van der Waals surface area (Å²) in [7, 11) is 0. The topological polar surface area (TPSA) is 61.8 Å². The Morgan fingerprint density at radius 2 is 2.13 bits per heavy atom. The van der Waals surface area contributed by atoms with Crippen LogP contribution in [0.3, 0.4) is 0 Å². The first-order chi connectivity index (χ1) is 11.2. The highest BCUT2D eigenvalue weighted by atomic mass is 16.5. The maximum Gasteiger partial charge on any atom is 0.234 e. The van der Waals surface area contributed by atoms with Crippen LogP contribution in [0.5, 0.6) is 0 Å². The molecule has 0 radical (unpaired) electrons. The van der Waals surface area contributed by atoms with Crippen molar-refractivity contribution in [2.24, 2.45) is 5.92 Å². The number of carbonyl (C=O) groups excluding carboxylic acids is 1. The molecule has 0 aromatic heterocycles. The van der Waals surface area contributed by atoms with Crippen molar-refractivity contribution in [3.8, 4) is 0 Å². The number of rotatable bonds is 5. The van der Waals surface area contributed by atoms with E-state index in [1.54, 1.807) is 0 Å². The lowest BCUT2D eigenvalue weighted by atomic mass is 9.94. The van der Waals surface area contributed by atoms with E-state index in [0.29, 0.717) is 26.3 Å². The van der Waals surface area contributed by atoms with Crippen molar-refractivity contribution >= 4 is 5.91 Å². The van der Waals surface area contributed by atoms with Crippen molar-refractivity contribution in [2.75, 3.05) is 26.3 Å². The lowest BCUT2D eigenvalue weighted by Crippen LogP contribution is -2.53. The van der Waals surface area contributed by atoms with Gasteiger partial charge in [0.05, 0.1) is 25.9 Å². The summed E-state index contributed by atoms with van der Waals surface area (Å²) in [6.45, 7) is 2.97. The van der Waals surface area contributed by atoms with Crippen LogP contribution in [0, 0.1) is 5.92 Å². The van der Waals surface area contributed by atoms with Crippen molar-refractivity contribution in [2.45, 2.75) is 38.0 Å². The molecule has 5 nitrogen and oxygen atoms in total. The number of aliphatic hydroxyl groups is 1. The molecule has 0 unspecified atom stereocenters. The third-order valence-corrected chi connectivity index (χ3v) is 4.99. The molecule has 1 amide bonds. The molecule has 1 heterocycles. The van der Waals surface area contributed by atoms with Gasteiger partial charge in [-0.3, -0.25) is 9.69 Å². The highest BCUT2D eigenvalue weighted by molar-refractivity contribution is 5.78. The summed E-state index contributed by atoms with van der Waals surface area (Å²) in [4.78, 5) is 14.5. The van der Waals surface area contributed by atoms with Gasteiger partial charge in [0.25, 0.3) is 0 Å². The molecule has 2 fully saturated rings. The molecule has 2 aliphatic rings. The second-order valence-electron chi connectivity index (χ2n) is 6.54. The van der Waals surface area contributed by atoms with Crippen molar-refractivity contribution in [3.63, 3.8) is 0 Å². The second-order valence-corrected chi connectivity index (χ2v) is 6.54. The molecule has 1 aliphatic heterocycles. The summed E-state index contributed by atoms with van der Waals surface area (Å²) >= 11 is 0. The number of nitrogens with zero attached hydrogens (tertiary/aromatic N) is 1. The normalized spacial score (nSPS) is 28.7. The van der Waals surface area contributed by atoms with Gasteiger partial charge in [-0.1, -0.05) is 36.8 Å². The van der Waals surface area contributed by atoms with Gasteiger partial charge in [-0.25, -0.2) is 0 Å². The molecule has 1 aliphatic carbocycles. The van der Waals surface area contributed by atoms with E-state index in [-0.39, 0.29) is 24.0 Å². The average molecular weight is 318 g/mol. The first-order valence-electron chi connectivity index (χ1n) is 8.54. The van der Waals surface area contributed by atoms with E-state index in [2.05, 4.69) is 10.2 Å². The molecular formula is C18H26N2O3. The Hall–Kier alpha value is -1.43. The van der Waals surface area contributed by atoms with E-state index in [4.69, 9.17) is 4.74 Å². The quantitative estimate of drug-likeness (QED) is 0.855. The van der Waals surface area contributed by atoms with E-state index in [9.17, 15) is 9.90 Å². The second kappa shape index (κ2) is 7.90. The molecule has 1 saturated carbocycles. The van der Waals surface area contributed by atoms with Crippen LogP contribution in [0.1, 0.15) is 24.8 Å². The molecule has 0 spiro atoms. The summed E-state index contributed by atoms with van der Waals surface area (Å²) < 4.78 is 5.60. The lowest BCUT2D eigenvalue weighted by Gasteiger charge is -2.39. The van der Waals surface area contributed by atoms with E-state index < -0.39 is 0 Å². The minimum atomic E-state index is -0.253. The maximum absolute atomic E-state index is 12.3. The van der Waals surface area contributed by atoms with Crippen molar-refractivity contribution in [3.05, 3.63) is 35.9 Å². The molecule has 126 valence electrons. The van der Waals surface area contributed by atoms with Crippen LogP contribution < -0.4 is 5.32 Å². The minimum absolute atomic E-state index is 0.0354. The highest BCUT2D eigenvalue weighted by Gasteiger charge is 2.38. The smallest absolute Gasteiger partial charge is 0.234 e. The number of nitrogens with one attached hydrogen (secondary N) is 1. The Morgan fingerprint density at radius 3 is 2.87 bits per heavy atom. The van der Waals surface area contributed by atoms with E-state index >= 15 is 0 Å². The summed E-state index contributed by atoms with van der Waals surface area (Å²) in [6, 6.07) is 10.1. The minimum Gasteiger partial charge on any atom is -0.393 e. The van der Waals surface area contributed by atoms with Crippen molar-refractivity contribution < 1.29 is 14.6 Å². The first-order valence-corrected chi connectivity index (χ1v) is 8.54. The fourth-order valence-electron chi connectivity index (χ4n) is 3.70. The molecule has 3 atom stereocenters. The largest absolute Gasteiger partial charge is 0.393 e. The van der Waals surface area contributed by atoms with Crippen molar-refractivity contribution in [1.82, 2.24) is 10.2 Å². The Kier molecular flexibility index (Phi) is 5.65. The maximum atomic E-state index is 12.3. The van der Waals surface area contributed by atoms with Gasteiger partial charge in [-0.2, -0.15) is 0 Å². The van der Waals surface area contributed by atoms with Gasteiger partial charge in [0.2, 0.25) is 5.91 Å². The number of amides is 1. The van der Waals surface area contributed by atoms with Gasteiger partial charge in [0, 0.05) is 25.0 Å². The molecule has 0 bridgehead atoms. The monoisotopic (exact) mass is 318 g/mol. The Morgan fingerprint density at radius 1 is 1.30 bits per heavy atom. The number of hydrogen-bond acceptors (Lipinski definition) is 4. The van der Waals surface area contributed by atoms with Crippen LogP contribution in [0.2, 0.25) is 0 Å². The fourth-order valence-corrected chi connectivity index (χ4v) is 3.70. The van der Waals surface area contributed by atoms with Gasteiger partial charge in [-0.05, 0) is 18.4 Å². The van der Waals surface area contributed by atoms with Crippen LogP contribution in [0.15, 0.2) is 30.3 Å². The number of ether oxygens (including phenoxy) is 1. The summed E-state index contributed by atoms with van der Waals surface area (Å²) in [5, 5.41) is 13.1. The zero-order chi connectivity index (χ0) is 16.1. The SMILES string of the molecule is O=C(CN1CCOC[C@@H]1[C@@H]1CCC[C@H]1O)NCc1ccccc1. The predicted octanol–water partition coefficient (Wildman–Crippen LogP) is 1.16. The average Bonchev–Trinajstić information content (AvgIpc) is 3.00. The summed E-state index contributed by atoms with van der Waals surface area (Å²) in [5.74, 6) is 0.269. The summed E-state index contributed by atoms with van der Waals surface area (Å²) in [5.41, 5.74) is 1.10. The molecule has 5 heteroatoms. The zero-order valence-corrected chi connectivity index (χ0v) is 13.5. The van der Waals surface area contributed by atoms with Crippen LogP contribution in [-0.4, -0.2) is 54.4 Å². The predicted molar refractivity (Wildman–Crippen MR) is 87.8 cm³/mol. The molecule has 1 saturated heterocycles. The number of morpholine rings is 1. The molecular weight excluding hydrogens is 292 g/mol. The lowest BCUT2D eigenvalue weighted by molar-refractivity contribution is -0.126. The number of benzene rings is 1. The van der Waals surface area contributed by atoms with Crippen LogP contribution in [-0.2, 0) is 16.1 Å². The van der Waals surface area contributed by atoms with Crippen LogP contribution in [0.25, 0.3) is 0 Å². The van der Waals surface area contributed by atoms with Gasteiger partial charge in [-0.15, -0.1) is 0 Å². The standard InChI is InChI=1S/C18H26N2O3/c21-17-8-4-7-15(17)16-13-23-10-9-20(16)12-18(22)19-11-14-5-2-1-3-6-14/h1-3,5-6,15-17,21H,4,7-13H2,(H,19,22)/t15-,16+,17+/m0/s1. The van der Waals surface area contributed by atoms with Gasteiger partial charge in [0.1, 0.15) is 0 Å². The Labute approximate surface area is 137 Å². The van der Waals surface area contributed by atoms with Gasteiger partial charge in [0.15, 0.2) is 0 Å². The van der Waals surface area contributed by atoms with E-state index in [1.807, 2.05) is 30.3 Å². The number of carbonyl (C=O) groups is 1. The van der Waals surface area contributed by atoms with E-state index in [1.165, 1.54) is 0 Å². The zero-order valence-electron chi connectivity index (χ0n) is 13.5. The molecule has 2 N–H and O–H groups in total. The van der Waals surface area contributed by atoms with Crippen LogP contribution in [0.4, 0.5) is 0 Å². The summed E-state index contributed by atoms with van der Waals surface area (Å²) in [6.07, 6.45) is 2.71. The van der Waals surface area contributed by atoms with Gasteiger partial charge >= 0.3 is 0 Å². The van der Waals surface area contributed by atoms with Gasteiger partial charge < -0.3 is 15.2 Å². The molecule has 1 aromatic carbocycles. The Bertz CT molecular complexity index is 508.